The molecule has 1 aliphatic rings. The maximum Gasteiger partial charge on any atom is 0.344 e. The fourth-order valence-electron chi connectivity index (χ4n) is 2.83. The van der Waals surface area contributed by atoms with Crippen molar-refractivity contribution in [3.05, 3.63) is 73.6 Å². The molecule has 11 nitrogen and oxygen atoms in total. The largest absolute Gasteiger partial charge is 0.459 e. The number of aryl methyl sites for hydroxylation is 1. The fraction of sp³-hybridized carbons (Fsp3) is 0.375. The summed E-state index contributed by atoms with van der Waals surface area (Å²) in [5, 5.41) is 3.67. The van der Waals surface area contributed by atoms with E-state index in [4.69, 9.17) is 15.0 Å². The highest BCUT2D eigenvalue weighted by molar-refractivity contribution is 5.88. The molecule has 27 heavy (non-hydrogen) atoms. The number of esters is 1. The topological polar surface area (TPSA) is 143 Å². The first-order chi connectivity index (χ1) is 13.0. The second kappa shape index (κ2) is 7.85. The van der Waals surface area contributed by atoms with E-state index in [1.165, 1.54) is 16.8 Å². The fourth-order valence-corrected chi connectivity index (χ4v) is 2.83. The first-order valence-electron chi connectivity index (χ1n) is 8.11. The lowest BCUT2D eigenvalue weighted by atomic mass is 10.1. The Balaban J connectivity index is 1.72. The Labute approximate surface area is 152 Å². The molecule has 0 aliphatic carbocycles. The Bertz CT molecular complexity index is 1010. The maximum absolute atomic E-state index is 12.2. The lowest BCUT2D eigenvalue weighted by Gasteiger charge is -2.16. The van der Waals surface area contributed by atoms with E-state index < -0.39 is 35.6 Å². The number of nitrogens with one attached hydrogen (secondary N) is 1. The summed E-state index contributed by atoms with van der Waals surface area (Å²) >= 11 is 0. The van der Waals surface area contributed by atoms with E-state index in [0.717, 1.165) is 0 Å². The van der Waals surface area contributed by atoms with Gasteiger partial charge in [-0.1, -0.05) is 5.11 Å². The average molecular weight is 373 g/mol. The van der Waals surface area contributed by atoms with Crippen molar-refractivity contribution in [2.75, 3.05) is 6.61 Å². The van der Waals surface area contributed by atoms with Crippen LogP contribution in [0.5, 0.6) is 0 Å². The second-order valence-corrected chi connectivity index (χ2v) is 6.01. The van der Waals surface area contributed by atoms with Gasteiger partial charge >= 0.3 is 11.7 Å². The highest BCUT2D eigenvalue weighted by atomic mass is 16.6. The molecule has 3 heterocycles. The third-order valence-corrected chi connectivity index (χ3v) is 4.12. The molecule has 3 rings (SSSR count). The van der Waals surface area contributed by atoms with Crippen molar-refractivity contribution in [2.45, 2.75) is 24.8 Å². The summed E-state index contributed by atoms with van der Waals surface area (Å²) in [5.74, 6) is -0.542. The van der Waals surface area contributed by atoms with E-state index >= 15 is 0 Å². The number of azide groups is 1. The van der Waals surface area contributed by atoms with Gasteiger partial charge in [-0.25, -0.2) is 14.2 Å². The van der Waals surface area contributed by atoms with E-state index in [2.05, 4.69) is 15.0 Å². The zero-order valence-electron chi connectivity index (χ0n) is 14.4. The molecule has 0 unspecified atom stereocenters. The molecular formula is C16H17N6O5+. The summed E-state index contributed by atoms with van der Waals surface area (Å²) in [6, 6.07) is 3.89. The Morgan fingerprint density at radius 1 is 1.52 bits per heavy atom. The number of carbonyl (C=O) groups is 1. The van der Waals surface area contributed by atoms with Gasteiger partial charge in [0.05, 0.1) is 6.04 Å². The van der Waals surface area contributed by atoms with Crippen LogP contribution >= 0.6 is 0 Å². The number of carbonyl (C=O) groups excluding carboxylic acids is 1. The number of H-pyrrole nitrogens is 1. The molecule has 0 aromatic carbocycles. The van der Waals surface area contributed by atoms with Crippen molar-refractivity contribution in [2.24, 2.45) is 12.2 Å². The molecule has 140 valence electrons. The summed E-state index contributed by atoms with van der Waals surface area (Å²) in [6.45, 7) is -0.143. The van der Waals surface area contributed by atoms with E-state index in [9.17, 15) is 14.4 Å². The molecule has 2 aromatic heterocycles. The number of ether oxygens (including phenoxy) is 2. The van der Waals surface area contributed by atoms with Gasteiger partial charge in [0.15, 0.2) is 12.4 Å². The predicted molar refractivity (Wildman–Crippen MR) is 90.7 cm³/mol. The summed E-state index contributed by atoms with van der Waals surface area (Å²) in [6.07, 6.45) is 3.44. The Morgan fingerprint density at radius 2 is 2.33 bits per heavy atom. The highest BCUT2D eigenvalue weighted by Gasteiger charge is 2.37. The maximum atomic E-state index is 12.2. The van der Waals surface area contributed by atoms with Crippen molar-refractivity contribution in [1.82, 2.24) is 9.55 Å². The van der Waals surface area contributed by atoms with Crippen LogP contribution in [0.15, 0.2) is 51.5 Å². The molecule has 3 atom stereocenters. The molecule has 0 amide bonds. The normalized spacial score (nSPS) is 21.4. The van der Waals surface area contributed by atoms with Crippen LogP contribution in [-0.2, 0) is 16.5 Å². The molecular weight excluding hydrogens is 356 g/mol. The van der Waals surface area contributed by atoms with Crippen molar-refractivity contribution in [3.8, 4) is 0 Å². The number of hydrogen-bond acceptors (Lipinski definition) is 6. The molecule has 1 saturated heterocycles. The Kier molecular flexibility index (Phi) is 5.34. The van der Waals surface area contributed by atoms with Gasteiger partial charge in [-0.15, -0.1) is 0 Å². The van der Waals surface area contributed by atoms with Gasteiger partial charge in [0.25, 0.3) is 5.56 Å². The van der Waals surface area contributed by atoms with Crippen LogP contribution in [-0.4, -0.2) is 34.3 Å². The van der Waals surface area contributed by atoms with Crippen molar-refractivity contribution in [1.29, 1.82) is 0 Å². The van der Waals surface area contributed by atoms with Crippen LogP contribution in [0.3, 0.4) is 0 Å². The lowest BCUT2D eigenvalue weighted by molar-refractivity contribution is -0.671. The summed E-state index contributed by atoms with van der Waals surface area (Å²) in [4.78, 5) is 40.2. The quantitative estimate of drug-likeness (QED) is 0.261. The number of nitrogens with zero attached hydrogens (tertiary/aromatic N) is 5. The number of rotatable bonds is 5. The van der Waals surface area contributed by atoms with Crippen LogP contribution in [0.2, 0.25) is 0 Å². The first-order valence-corrected chi connectivity index (χ1v) is 8.11. The summed E-state index contributed by atoms with van der Waals surface area (Å²) in [7, 11) is 1.78. The second-order valence-electron chi connectivity index (χ2n) is 6.01. The molecule has 2 aromatic rings. The third-order valence-electron chi connectivity index (χ3n) is 4.12. The minimum atomic E-state index is -0.747. The van der Waals surface area contributed by atoms with Gasteiger partial charge in [0.1, 0.15) is 31.5 Å². The van der Waals surface area contributed by atoms with Gasteiger partial charge < -0.3 is 9.47 Å². The van der Waals surface area contributed by atoms with Crippen LogP contribution < -0.4 is 15.8 Å². The monoisotopic (exact) mass is 373 g/mol. The smallest absolute Gasteiger partial charge is 0.344 e. The average Bonchev–Trinajstić information content (AvgIpc) is 3.02. The predicted octanol–water partition coefficient (Wildman–Crippen LogP) is 0.184. The van der Waals surface area contributed by atoms with Crippen LogP contribution in [0.1, 0.15) is 23.0 Å². The first kappa shape index (κ1) is 18.4. The zero-order chi connectivity index (χ0) is 19.4. The molecule has 1 fully saturated rings. The highest BCUT2D eigenvalue weighted by Crippen LogP contribution is 2.30. The molecule has 1 N–H and O–H groups in total. The van der Waals surface area contributed by atoms with Gasteiger partial charge in [-0.05, 0) is 11.6 Å². The van der Waals surface area contributed by atoms with Crippen molar-refractivity contribution >= 4 is 5.97 Å². The summed E-state index contributed by atoms with van der Waals surface area (Å²) in [5.41, 5.74) is 7.96. The van der Waals surface area contributed by atoms with E-state index in [1.807, 2.05) is 0 Å². The molecule has 0 saturated carbocycles. The van der Waals surface area contributed by atoms with E-state index in [-0.39, 0.29) is 13.0 Å². The van der Waals surface area contributed by atoms with Gasteiger partial charge in [-0.3, -0.25) is 14.3 Å². The minimum absolute atomic E-state index is 0.143. The Morgan fingerprint density at radius 3 is 3.04 bits per heavy atom. The lowest BCUT2D eigenvalue weighted by Crippen LogP contribution is -2.32. The molecule has 0 radical (unpaired) electrons. The van der Waals surface area contributed by atoms with Gasteiger partial charge in [0, 0.05) is 29.7 Å². The molecule has 0 bridgehead atoms. The number of aromatic nitrogens is 3. The number of hydrogen-bond donors (Lipinski definition) is 1. The zero-order valence-corrected chi connectivity index (χ0v) is 14.4. The van der Waals surface area contributed by atoms with E-state index in [1.54, 1.807) is 36.1 Å². The van der Waals surface area contributed by atoms with Gasteiger partial charge in [0.2, 0.25) is 0 Å². The van der Waals surface area contributed by atoms with Gasteiger partial charge in [-0.2, -0.15) is 0 Å². The standard InChI is InChI=1S/C16H16N6O5/c1-21-5-2-3-10(8-21)15(24)26-9-12-11(19-20-17)7-14(27-12)22-6-4-13(23)18-16(22)25/h2-6,8,11-12,14H,7,9H2,1H3/p+1/t11-,12+,14+/m0/s1. The number of pyridine rings is 1. The van der Waals surface area contributed by atoms with E-state index in [0.29, 0.717) is 5.56 Å². The summed E-state index contributed by atoms with van der Waals surface area (Å²) < 4.78 is 13.9. The third kappa shape index (κ3) is 4.22. The number of aromatic amines is 1. The van der Waals surface area contributed by atoms with Crippen LogP contribution in [0.4, 0.5) is 0 Å². The van der Waals surface area contributed by atoms with Crippen molar-refractivity contribution in [3.63, 3.8) is 0 Å². The molecule has 1 aliphatic heterocycles. The van der Waals surface area contributed by atoms with Crippen LogP contribution in [0, 0.1) is 0 Å². The van der Waals surface area contributed by atoms with Crippen LogP contribution in [0.25, 0.3) is 10.4 Å². The molecule has 0 spiro atoms. The minimum Gasteiger partial charge on any atom is -0.459 e. The molecule has 11 heteroatoms. The van der Waals surface area contributed by atoms with Crippen molar-refractivity contribution < 1.29 is 18.8 Å². The SMILES string of the molecule is C[n+]1cccc(C(=O)OC[C@H]2O[C@@H](n3ccc(=O)[nH]c3=O)C[C@@H]2N=[N+]=[N-])c1. The Hall–Kier alpha value is -3.43.